The third-order valence-electron chi connectivity index (χ3n) is 5.03. The molecular weight excluding hydrogens is 378 g/mol. The summed E-state index contributed by atoms with van der Waals surface area (Å²) in [4.78, 5) is 31.5. The first-order valence-electron chi connectivity index (χ1n) is 8.93. The lowest BCUT2D eigenvalue weighted by atomic mass is 9.91. The van der Waals surface area contributed by atoms with Crippen LogP contribution in [0.2, 0.25) is 0 Å². The molecule has 1 atom stereocenters. The predicted molar refractivity (Wildman–Crippen MR) is 103 cm³/mol. The zero-order chi connectivity index (χ0) is 19.3. The number of thiazole rings is 1. The number of aromatic nitrogens is 1. The minimum Gasteiger partial charge on any atom is -0.486 e. The molecule has 5 rings (SSSR count). The van der Waals surface area contributed by atoms with E-state index in [4.69, 9.17) is 9.47 Å². The van der Waals surface area contributed by atoms with Crippen LogP contribution in [-0.4, -0.2) is 35.0 Å². The number of amides is 3. The largest absolute Gasteiger partial charge is 0.486 e. The van der Waals surface area contributed by atoms with Crippen molar-refractivity contribution in [1.29, 1.82) is 0 Å². The second-order valence-corrected chi connectivity index (χ2v) is 8.00. The molecule has 0 radical (unpaired) electrons. The molecule has 8 heteroatoms. The lowest BCUT2D eigenvalue weighted by molar-refractivity contribution is -0.131. The number of ether oxygens (including phenoxy) is 2. The molecule has 3 amide bonds. The molecule has 1 saturated heterocycles. The zero-order valence-electron chi connectivity index (χ0n) is 15.1. The summed E-state index contributed by atoms with van der Waals surface area (Å²) in [6.07, 6.45) is 0. The van der Waals surface area contributed by atoms with Gasteiger partial charge in [-0.1, -0.05) is 18.2 Å². The topological polar surface area (TPSA) is 80.8 Å². The van der Waals surface area contributed by atoms with Gasteiger partial charge in [0.05, 0.1) is 16.8 Å². The van der Waals surface area contributed by atoms with E-state index < -0.39 is 11.6 Å². The van der Waals surface area contributed by atoms with Crippen molar-refractivity contribution in [1.82, 2.24) is 15.2 Å². The third kappa shape index (κ3) is 2.60. The molecule has 7 nitrogen and oxygen atoms in total. The first kappa shape index (κ1) is 17.0. The van der Waals surface area contributed by atoms with Gasteiger partial charge in [0.2, 0.25) is 0 Å². The molecule has 2 aliphatic heterocycles. The van der Waals surface area contributed by atoms with Gasteiger partial charge in [-0.2, -0.15) is 0 Å². The molecule has 1 fully saturated rings. The van der Waals surface area contributed by atoms with Crippen LogP contribution in [0.3, 0.4) is 0 Å². The van der Waals surface area contributed by atoms with E-state index >= 15 is 0 Å². The minimum absolute atomic E-state index is 0.143. The van der Waals surface area contributed by atoms with E-state index in [0.29, 0.717) is 30.3 Å². The molecule has 0 bridgehead atoms. The van der Waals surface area contributed by atoms with E-state index in [9.17, 15) is 9.59 Å². The van der Waals surface area contributed by atoms with Gasteiger partial charge in [-0.25, -0.2) is 9.78 Å². The van der Waals surface area contributed by atoms with Crippen molar-refractivity contribution in [2.24, 2.45) is 0 Å². The van der Waals surface area contributed by atoms with E-state index in [0.717, 1.165) is 15.2 Å². The van der Waals surface area contributed by atoms with Crippen LogP contribution >= 0.6 is 11.3 Å². The number of fused-ring (bicyclic) bond motifs is 2. The number of hydrogen-bond donors (Lipinski definition) is 1. The average Bonchev–Trinajstić information content (AvgIpc) is 3.22. The Labute approximate surface area is 164 Å². The quantitative estimate of drug-likeness (QED) is 0.690. The number of rotatable bonds is 3. The first-order chi connectivity index (χ1) is 13.5. The smallest absolute Gasteiger partial charge is 0.325 e. The van der Waals surface area contributed by atoms with Crippen molar-refractivity contribution in [3.63, 3.8) is 0 Å². The van der Waals surface area contributed by atoms with Crippen LogP contribution in [0, 0.1) is 0 Å². The van der Waals surface area contributed by atoms with E-state index in [1.165, 1.54) is 16.2 Å². The van der Waals surface area contributed by atoms with Gasteiger partial charge in [0.1, 0.15) is 23.8 Å². The van der Waals surface area contributed by atoms with Crippen molar-refractivity contribution in [2.75, 3.05) is 13.2 Å². The van der Waals surface area contributed by atoms with E-state index in [1.807, 2.05) is 24.3 Å². The maximum Gasteiger partial charge on any atom is 0.325 e. The molecule has 2 aliphatic rings. The summed E-state index contributed by atoms with van der Waals surface area (Å²) < 4.78 is 12.2. The van der Waals surface area contributed by atoms with Crippen molar-refractivity contribution < 1.29 is 19.1 Å². The van der Waals surface area contributed by atoms with Gasteiger partial charge in [0, 0.05) is 0 Å². The molecule has 1 aromatic heterocycles. The molecule has 0 saturated carbocycles. The molecule has 3 aromatic rings. The highest BCUT2D eigenvalue weighted by atomic mass is 32.1. The number of hydrogen-bond acceptors (Lipinski definition) is 6. The number of benzene rings is 2. The molecule has 0 spiro atoms. The number of carbonyl (C=O) groups is 2. The number of para-hydroxylation sites is 1. The summed E-state index contributed by atoms with van der Waals surface area (Å²) in [6.45, 7) is 2.80. The van der Waals surface area contributed by atoms with Gasteiger partial charge in [-0.05, 0) is 36.8 Å². The molecule has 28 heavy (non-hydrogen) atoms. The third-order valence-corrected chi connectivity index (χ3v) is 6.05. The van der Waals surface area contributed by atoms with Crippen LogP contribution in [0.25, 0.3) is 10.2 Å². The van der Waals surface area contributed by atoms with Crippen molar-refractivity contribution >= 4 is 33.5 Å². The zero-order valence-corrected chi connectivity index (χ0v) is 15.9. The number of carbonyl (C=O) groups excluding carboxylic acids is 2. The maximum absolute atomic E-state index is 13.2. The van der Waals surface area contributed by atoms with E-state index in [2.05, 4.69) is 10.3 Å². The summed E-state index contributed by atoms with van der Waals surface area (Å²) in [5, 5.41) is 3.54. The number of urea groups is 1. The van der Waals surface area contributed by atoms with Gasteiger partial charge in [0.25, 0.3) is 5.91 Å². The fourth-order valence-electron chi connectivity index (χ4n) is 3.51. The second-order valence-electron chi connectivity index (χ2n) is 6.88. The first-order valence-corrected chi connectivity index (χ1v) is 9.75. The Morgan fingerprint density at radius 3 is 2.75 bits per heavy atom. The molecule has 3 heterocycles. The minimum atomic E-state index is -1.16. The standard InChI is InChI=1S/C20H17N3O4S/c1-20(12-6-7-14-15(10-12)27-9-8-26-14)18(24)23(19(25)22-20)11-17-21-13-4-2-3-5-16(13)28-17/h2-7,10H,8-9,11H2,1H3,(H,22,25)/t20-/m0/s1. The highest BCUT2D eigenvalue weighted by Gasteiger charge is 2.49. The van der Waals surface area contributed by atoms with Crippen LogP contribution in [-0.2, 0) is 16.9 Å². The average molecular weight is 395 g/mol. The van der Waals surface area contributed by atoms with Gasteiger partial charge >= 0.3 is 6.03 Å². The fourth-order valence-corrected chi connectivity index (χ4v) is 4.47. The Bertz CT molecular complexity index is 1080. The molecule has 142 valence electrons. The Kier molecular flexibility index (Phi) is 3.77. The van der Waals surface area contributed by atoms with Crippen LogP contribution in [0.4, 0.5) is 4.79 Å². The molecule has 0 unspecified atom stereocenters. The normalized spacial score (nSPS) is 21.2. The summed E-state index contributed by atoms with van der Waals surface area (Å²) in [5.41, 5.74) is 0.356. The highest BCUT2D eigenvalue weighted by Crippen LogP contribution is 2.37. The summed E-state index contributed by atoms with van der Waals surface area (Å²) in [6, 6.07) is 12.6. The van der Waals surface area contributed by atoms with E-state index in [-0.39, 0.29) is 12.5 Å². The van der Waals surface area contributed by atoms with Crippen LogP contribution in [0.15, 0.2) is 42.5 Å². The monoisotopic (exact) mass is 395 g/mol. The number of imide groups is 1. The van der Waals surface area contributed by atoms with Gasteiger partial charge < -0.3 is 14.8 Å². The highest BCUT2D eigenvalue weighted by molar-refractivity contribution is 7.18. The molecular formula is C20H17N3O4S. The van der Waals surface area contributed by atoms with Gasteiger partial charge in [-0.3, -0.25) is 9.69 Å². The summed E-state index contributed by atoms with van der Waals surface area (Å²) in [7, 11) is 0. The summed E-state index contributed by atoms with van der Waals surface area (Å²) >= 11 is 1.48. The Balaban J connectivity index is 1.44. The van der Waals surface area contributed by atoms with Crippen LogP contribution in [0.5, 0.6) is 11.5 Å². The maximum atomic E-state index is 13.2. The fraction of sp³-hybridized carbons (Fsp3) is 0.250. The SMILES string of the molecule is C[C@@]1(c2ccc3c(c2)OCCO3)NC(=O)N(Cc2nc3ccccc3s2)C1=O. The predicted octanol–water partition coefficient (Wildman–Crippen LogP) is 3.03. The Morgan fingerprint density at radius 1 is 1.14 bits per heavy atom. The lowest BCUT2D eigenvalue weighted by Gasteiger charge is -2.25. The molecule has 0 aliphatic carbocycles. The molecule has 1 N–H and O–H groups in total. The van der Waals surface area contributed by atoms with Crippen LogP contribution < -0.4 is 14.8 Å². The van der Waals surface area contributed by atoms with Crippen molar-refractivity contribution in [3.05, 3.63) is 53.0 Å². The van der Waals surface area contributed by atoms with Crippen molar-refractivity contribution in [2.45, 2.75) is 19.0 Å². The van der Waals surface area contributed by atoms with Crippen LogP contribution in [0.1, 0.15) is 17.5 Å². The number of nitrogens with one attached hydrogen (secondary N) is 1. The second kappa shape index (κ2) is 6.20. The van der Waals surface area contributed by atoms with E-state index in [1.54, 1.807) is 25.1 Å². The van der Waals surface area contributed by atoms with Gasteiger partial charge in [-0.15, -0.1) is 11.3 Å². The van der Waals surface area contributed by atoms with Crippen molar-refractivity contribution in [3.8, 4) is 11.5 Å². The van der Waals surface area contributed by atoms with Gasteiger partial charge in [0.15, 0.2) is 11.5 Å². The molecule has 2 aromatic carbocycles. The lowest BCUT2D eigenvalue weighted by Crippen LogP contribution is -2.40. The number of nitrogens with zero attached hydrogens (tertiary/aromatic N) is 2. The summed E-state index contributed by atoms with van der Waals surface area (Å²) in [5.74, 6) is 0.909. The Hall–Kier alpha value is -3.13. The Morgan fingerprint density at radius 2 is 1.93 bits per heavy atom.